The molecule has 0 aliphatic carbocycles. The van der Waals surface area contributed by atoms with Crippen LogP contribution in [0.3, 0.4) is 0 Å². The molecule has 2 aromatic carbocycles. The molecular formula is C21H17N3O. The Morgan fingerprint density at radius 1 is 0.840 bits per heavy atom. The third-order valence-corrected chi connectivity index (χ3v) is 4.18. The minimum absolute atomic E-state index is 0.631. The van der Waals surface area contributed by atoms with Crippen LogP contribution in [0.1, 0.15) is 5.56 Å². The summed E-state index contributed by atoms with van der Waals surface area (Å²) in [5, 5.41) is 1.02. The van der Waals surface area contributed by atoms with E-state index in [0.29, 0.717) is 5.82 Å². The van der Waals surface area contributed by atoms with Crippen LogP contribution in [-0.2, 0) is 0 Å². The summed E-state index contributed by atoms with van der Waals surface area (Å²) in [6.45, 7) is 2.05. The zero-order valence-corrected chi connectivity index (χ0v) is 14.1. The van der Waals surface area contributed by atoms with Crippen molar-refractivity contribution in [2.75, 3.05) is 7.11 Å². The number of hydrogen-bond donors (Lipinski definition) is 0. The first-order valence-corrected chi connectivity index (χ1v) is 8.09. The number of pyridine rings is 1. The van der Waals surface area contributed by atoms with Crippen molar-refractivity contribution in [2.24, 2.45) is 0 Å². The van der Waals surface area contributed by atoms with E-state index in [4.69, 9.17) is 9.72 Å². The Morgan fingerprint density at radius 3 is 2.52 bits per heavy atom. The number of aryl methyl sites for hydroxylation is 1. The highest BCUT2D eigenvalue weighted by Crippen LogP contribution is 2.27. The van der Waals surface area contributed by atoms with Crippen LogP contribution in [0.25, 0.3) is 33.7 Å². The lowest BCUT2D eigenvalue weighted by Crippen LogP contribution is -1.95. The first kappa shape index (κ1) is 15.3. The van der Waals surface area contributed by atoms with E-state index >= 15 is 0 Å². The molecule has 25 heavy (non-hydrogen) atoms. The maximum absolute atomic E-state index is 5.28. The summed E-state index contributed by atoms with van der Waals surface area (Å²) in [5.74, 6) is 1.47. The molecule has 0 aliphatic heterocycles. The van der Waals surface area contributed by atoms with Gasteiger partial charge < -0.3 is 4.74 Å². The van der Waals surface area contributed by atoms with Gasteiger partial charge in [0.25, 0.3) is 0 Å². The molecule has 0 aliphatic rings. The van der Waals surface area contributed by atoms with Gasteiger partial charge in [-0.05, 0) is 48.9 Å². The van der Waals surface area contributed by atoms with Gasteiger partial charge in [0.15, 0.2) is 5.82 Å². The van der Waals surface area contributed by atoms with Crippen molar-refractivity contribution in [2.45, 2.75) is 6.92 Å². The first-order chi connectivity index (χ1) is 12.2. The molecule has 2 heterocycles. The fraction of sp³-hybridized carbons (Fsp3) is 0.0952. The van der Waals surface area contributed by atoms with E-state index in [-0.39, 0.29) is 0 Å². The van der Waals surface area contributed by atoms with E-state index in [1.807, 2.05) is 66.9 Å². The van der Waals surface area contributed by atoms with Gasteiger partial charge >= 0.3 is 0 Å². The second kappa shape index (κ2) is 6.32. The maximum atomic E-state index is 5.28. The van der Waals surface area contributed by atoms with E-state index in [2.05, 4.69) is 16.9 Å². The molecular weight excluding hydrogens is 310 g/mol. The van der Waals surface area contributed by atoms with Gasteiger partial charge in [-0.1, -0.05) is 24.3 Å². The predicted molar refractivity (Wildman–Crippen MR) is 99.5 cm³/mol. The Kier molecular flexibility index (Phi) is 3.86. The SMILES string of the molecule is COc1ccc(-c2cccc(-c3ncc4ccccc4n3)n2)c(C)c1. The zero-order valence-electron chi connectivity index (χ0n) is 14.1. The van der Waals surface area contributed by atoms with Gasteiger partial charge in [-0.3, -0.25) is 0 Å². The molecule has 4 nitrogen and oxygen atoms in total. The Bertz CT molecular complexity index is 1060. The maximum Gasteiger partial charge on any atom is 0.178 e. The predicted octanol–water partition coefficient (Wildman–Crippen LogP) is 4.68. The molecule has 2 aromatic heterocycles. The van der Waals surface area contributed by atoms with Gasteiger partial charge in [-0.25, -0.2) is 15.0 Å². The molecule has 0 saturated carbocycles. The highest BCUT2D eigenvalue weighted by molar-refractivity contribution is 5.79. The van der Waals surface area contributed by atoms with Gasteiger partial charge in [0.2, 0.25) is 0 Å². The van der Waals surface area contributed by atoms with Crippen molar-refractivity contribution in [3.8, 4) is 28.5 Å². The summed E-state index contributed by atoms with van der Waals surface area (Å²) in [6, 6.07) is 19.9. The summed E-state index contributed by atoms with van der Waals surface area (Å²) in [7, 11) is 1.67. The fourth-order valence-corrected chi connectivity index (χ4v) is 2.86. The van der Waals surface area contributed by atoms with Crippen LogP contribution in [0.5, 0.6) is 5.75 Å². The quantitative estimate of drug-likeness (QED) is 0.548. The first-order valence-electron chi connectivity index (χ1n) is 8.09. The Labute approximate surface area is 146 Å². The van der Waals surface area contributed by atoms with E-state index in [1.54, 1.807) is 7.11 Å². The van der Waals surface area contributed by atoms with E-state index in [9.17, 15) is 0 Å². The summed E-state index contributed by atoms with van der Waals surface area (Å²) in [6.07, 6.45) is 1.84. The molecule has 4 aromatic rings. The molecule has 0 atom stereocenters. The lowest BCUT2D eigenvalue weighted by Gasteiger charge is -2.09. The van der Waals surface area contributed by atoms with Crippen molar-refractivity contribution in [1.29, 1.82) is 0 Å². The van der Waals surface area contributed by atoms with Crippen LogP contribution in [0.15, 0.2) is 66.9 Å². The molecule has 0 N–H and O–H groups in total. The Balaban J connectivity index is 1.78. The topological polar surface area (TPSA) is 47.9 Å². The number of methoxy groups -OCH3 is 1. The molecule has 122 valence electrons. The average molecular weight is 327 g/mol. The fourth-order valence-electron chi connectivity index (χ4n) is 2.86. The van der Waals surface area contributed by atoms with Gasteiger partial charge in [0, 0.05) is 17.1 Å². The van der Waals surface area contributed by atoms with Crippen LogP contribution in [-0.4, -0.2) is 22.1 Å². The molecule has 0 unspecified atom stereocenters. The van der Waals surface area contributed by atoms with Crippen molar-refractivity contribution in [3.05, 3.63) is 72.4 Å². The van der Waals surface area contributed by atoms with Gasteiger partial charge in [-0.2, -0.15) is 0 Å². The second-order valence-corrected chi connectivity index (χ2v) is 5.84. The highest BCUT2D eigenvalue weighted by Gasteiger charge is 2.09. The third kappa shape index (κ3) is 2.94. The van der Waals surface area contributed by atoms with Gasteiger partial charge in [-0.15, -0.1) is 0 Å². The van der Waals surface area contributed by atoms with Crippen LogP contribution in [0.2, 0.25) is 0 Å². The van der Waals surface area contributed by atoms with Crippen LogP contribution in [0, 0.1) is 6.92 Å². The van der Waals surface area contributed by atoms with Crippen LogP contribution < -0.4 is 4.74 Å². The van der Waals surface area contributed by atoms with Crippen LogP contribution in [0.4, 0.5) is 0 Å². The molecule has 0 saturated heterocycles. The summed E-state index contributed by atoms with van der Waals surface area (Å²) < 4.78 is 5.28. The second-order valence-electron chi connectivity index (χ2n) is 5.84. The molecule has 4 heteroatoms. The monoisotopic (exact) mass is 327 g/mol. The molecule has 4 rings (SSSR count). The smallest absolute Gasteiger partial charge is 0.178 e. The normalized spacial score (nSPS) is 10.8. The number of aromatic nitrogens is 3. The Morgan fingerprint density at radius 2 is 1.68 bits per heavy atom. The number of nitrogens with zero attached hydrogens (tertiary/aromatic N) is 3. The molecule has 0 spiro atoms. The zero-order chi connectivity index (χ0) is 17.2. The number of rotatable bonds is 3. The lowest BCUT2D eigenvalue weighted by atomic mass is 10.0. The minimum Gasteiger partial charge on any atom is -0.497 e. The van der Waals surface area contributed by atoms with Crippen molar-refractivity contribution < 1.29 is 4.74 Å². The van der Waals surface area contributed by atoms with Crippen molar-refractivity contribution in [1.82, 2.24) is 15.0 Å². The summed E-state index contributed by atoms with van der Waals surface area (Å²) in [5.41, 5.74) is 4.76. The third-order valence-electron chi connectivity index (χ3n) is 4.18. The van der Waals surface area contributed by atoms with E-state index in [0.717, 1.165) is 39.2 Å². The van der Waals surface area contributed by atoms with Crippen LogP contribution >= 0.6 is 0 Å². The van der Waals surface area contributed by atoms with E-state index in [1.165, 1.54) is 0 Å². The molecule has 0 radical (unpaired) electrons. The number of ether oxygens (including phenoxy) is 1. The molecule has 0 bridgehead atoms. The number of para-hydroxylation sites is 1. The van der Waals surface area contributed by atoms with Gasteiger partial charge in [0.05, 0.1) is 18.3 Å². The number of benzene rings is 2. The van der Waals surface area contributed by atoms with E-state index < -0.39 is 0 Å². The summed E-state index contributed by atoms with van der Waals surface area (Å²) in [4.78, 5) is 13.9. The Hall–Kier alpha value is -3.27. The molecule has 0 fully saturated rings. The largest absolute Gasteiger partial charge is 0.497 e. The van der Waals surface area contributed by atoms with Crippen molar-refractivity contribution in [3.63, 3.8) is 0 Å². The highest BCUT2D eigenvalue weighted by atomic mass is 16.5. The summed E-state index contributed by atoms with van der Waals surface area (Å²) >= 11 is 0. The number of hydrogen-bond acceptors (Lipinski definition) is 4. The van der Waals surface area contributed by atoms with Crippen molar-refractivity contribution >= 4 is 10.9 Å². The lowest BCUT2D eigenvalue weighted by molar-refractivity contribution is 0.414. The average Bonchev–Trinajstić information content (AvgIpc) is 2.67. The standard InChI is InChI=1S/C21H17N3O/c1-14-12-16(25-2)10-11-17(14)19-8-5-9-20(23-19)21-22-13-15-6-3-4-7-18(15)24-21/h3-13H,1-2H3. The van der Waals surface area contributed by atoms with Gasteiger partial charge in [0.1, 0.15) is 11.4 Å². The minimum atomic E-state index is 0.631. The molecule has 0 amide bonds. The number of fused-ring (bicyclic) bond motifs is 1.